The number of halogens is 4. The predicted molar refractivity (Wildman–Crippen MR) is 308 cm³/mol. The number of ether oxygens (including phenoxy) is 3. The van der Waals surface area contributed by atoms with Gasteiger partial charge in [-0.3, -0.25) is 0 Å². The first-order valence-electron chi connectivity index (χ1n) is 26.7. The van der Waals surface area contributed by atoms with Gasteiger partial charge in [0, 0.05) is 19.8 Å². The van der Waals surface area contributed by atoms with E-state index in [1.54, 1.807) is 0 Å². The molecule has 5 atom stereocenters. The molecule has 3 fully saturated rings. The molecule has 11 heteroatoms. The fourth-order valence-electron chi connectivity index (χ4n) is 10.7. The van der Waals surface area contributed by atoms with E-state index in [1.807, 2.05) is 0 Å². The van der Waals surface area contributed by atoms with E-state index in [2.05, 4.69) is 117 Å². The molecule has 3 aliphatic carbocycles. The van der Waals surface area contributed by atoms with Crippen LogP contribution in [0.1, 0.15) is 252 Å². The number of hydrogen-bond donors (Lipinski definition) is 0. The molecule has 0 amide bonds. The zero-order valence-corrected chi connectivity index (χ0v) is 57.2. The minimum atomic E-state index is -1.67. The maximum atomic E-state index is 5.87. The molecule has 412 valence electrons. The van der Waals surface area contributed by atoms with Gasteiger partial charge in [-0.15, -0.1) is 5.54 Å². The van der Waals surface area contributed by atoms with E-state index in [1.165, 1.54) is 147 Å². The van der Waals surface area contributed by atoms with Crippen LogP contribution in [0.5, 0.6) is 0 Å². The summed E-state index contributed by atoms with van der Waals surface area (Å²) in [6.45, 7) is 41.5. The molecule has 3 saturated carbocycles. The normalized spacial score (nSPS) is 21.6. The quantitative estimate of drug-likeness (QED) is 0.0582. The van der Waals surface area contributed by atoms with Crippen molar-refractivity contribution in [2.75, 3.05) is 19.8 Å². The Balaban J connectivity index is -0.000000280. The molecule has 3 rings (SSSR count). The molecule has 0 heterocycles. The minimum absolute atomic E-state index is 0. The molecule has 0 aromatic heterocycles. The molecule has 0 radical (unpaired) electrons. The number of unbranched alkanes of at least 4 members (excludes halogenated alkanes) is 9. The average Bonchev–Trinajstić information content (AvgIpc) is 3.94. The van der Waals surface area contributed by atoms with Crippen LogP contribution in [0.4, 0.5) is 0 Å². The molecule has 0 N–H and O–H groups in total. The third-order valence-electron chi connectivity index (χ3n) is 14.1. The monoisotopic (exact) mass is 1170 g/mol. The van der Waals surface area contributed by atoms with Crippen molar-refractivity contribution >= 4 is 43.9 Å². The third-order valence-corrected chi connectivity index (χ3v) is 19.1. The fourth-order valence-corrected chi connectivity index (χ4v) is 16.7. The Morgan fingerprint density at radius 1 is 0.485 bits per heavy atom. The van der Waals surface area contributed by atoms with Crippen molar-refractivity contribution in [3.63, 3.8) is 0 Å². The van der Waals surface area contributed by atoms with Gasteiger partial charge in [0.1, 0.15) is 0 Å². The van der Waals surface area contributed by atoms with Crippen molar-refractivity contribution in [1.82, 2.24) is 0 Å². The summed E-state index contributed by atoms with van der Waals surface area (Å²) in [4.78, 5) is 5.57. The Morgan fingerprint density at radius 2 is 0.750 bits per heavy atom. The van der Waals surface area contributed by atoms with Gasteiger partial charge >= 0.3 is 73.5 Å². The van der Waals surface area contributed by atoms with Crippen molar-refractivity contribution in [3.8, 4) is 0 Å². The van der Waals surface area contributed by atoms with E-state index < -0.39 is 46.1 Å². The number of hydrogen-bond acceptors (Lipinski definition) is 3. The van der Waals surface area contributed by atoms with E-state index in [0.717, 1.165) is 60.9 Å². The second kappa shape index (κ2) is 44.9. The van der Waals surface area contributed by atoms with Crippen LogP contribution in [0.25, 0.3) is 4.98 Å². The summed E-state index contributed by atoms with van der Waals surface area (Å²) in [6, 6.07) is 1.36. The number of rotatable bonds is 23. The van der Waals surface area contributed by atoms with Gasteiger partial charge in [0.15, 0.2) is 0 Å². The molecule has 0 bridgehead atoms. The van der Waals surface area contributed by atoms with Crippen LogP contribution >= 0.6 is 35.6 Å². The topological polar surface area (TPSA) is 41.8 Å². The maximum absolute atomic E-state index is 5.87. The Labute approximate surface area is 466 Å². The van der Waals surface area contributed by atoms with E-state index in [0.29, 0.717) is 0 Å². The molecule has 68 heavy (non-hydrogen) atoms. The Morgan fingerprint density at radius 3 is 1.01 bits per heavy atom. The van der Waals surface area contributed by atoms with Crippen LogP contribution < -0.4 is 0 Å². The first kappa shape index (κ1) is 79.7. The zero-order chi connectivity index (χ0) is 50.2. The summed E-state index contributed by atoms with van der Waals surface area (Å²) in [7, 11) is 18.0. The molecule has 0 aromatic rings. The fraction of sp³-hybridized carbons (Fsp3) is 0.947. The van der Waals surface area contributed by atoms with Crippen molar-refractivity contribution in [1.29, 1.82) is 0 Å². The van der Waals surface area contributed by atoms with E-state index in [9.17, 15) is 0 Å². The molecule has 0 aliphatic heterocycles. The van der Waals surface area contributed by atoms with Crippen molar-refractivity contribution in [2.45, 2.75) is 293 Å². The third kappa shape index (κ3) is 46.1. The van der Waals surface area contributed by atoms with E-state index in [4.69, 9.17) is 54.8 Å². The zero-order valence-electron chi connectivity index (χ0n) is 49.1. The Kier molecular flexibility index (Phi) is 52.6. The summed E-state index contributed by atoms with van der Waals surface area (Å²) in [5.74, 6) is 5.45. The van der Waals surface area contributed by atoms with Gasteiger partial charge in [-0.2, -0.15) is 0 Å². The van der Waals surface area contributed by atoms with Gasteiger partial charge in [-0.1, -0.05) is 197 Å². The summed E-state index contributed by atoms with van der Waals surface area (Å²) in [5, 5.41) is 0. The van der Waals surface area contributed by atoms with Crippen LogP contribution in [0.15, 0.2) is 0 Å². The van der Waals surface area contributed by atoms with Crippen LogP contribution in [0.3, 0.4) is 0 Å². The second-order valence-corrected chi connectivity index (χ2v) is 34.9. The van der Waals surface area contributed by atoms with Gasteiger partial charge in [-0.05, 0) is 117 Å². The first-order valence-corrected chi connectivity index (χ1v) is 40.1. The molecule has 4 nitrogen and oxygen atoms in total. The van der Waals surface area contributed by atoms with E-state index in [-0.39, 0.29) is 44.6 Å². The van der Waals surface area contributed by atoms with Crippen LogP contribution in [-0.4, -0.2) is 50.4 Å². The molecular formula is C57H119Cl4NO3SiTiZr-2. The molecule has 3 aliphatic rings. The van der Waals surface area contributed by atoms with E-state index >= 15 is 0 Å². The first-order chi connectivity index (χ1) is 30.2. The van der Waals surface area contributed by atoms with Crippen LogP contribution in [0, 0.1) is 57.8 Å². The second-order valence-electron chi connectivity index (χ2n) is 24.5. The van der Waals surface area contributed by atoms with Crippen LogP contribution in [-0.2, 0) is 52.1 Å². The van der Waals surface area contributed by atoms with Gasteiger partial charge in [0.2, 0.25) is 0 Å². The Hall–Kier alpha value is 2.81. The standard InChI is InChI=1S/C24H50NOSi.2C15H30O.3CH3.4ClH.Ti.Zr/c1-18-19(2)21(4)22(20(18)3)27(11,25-23(5,6)7)17-15-13-12-14-16-26-24(8,9)10;2*1-15(2,3)16-13-9-5-4-6-10-14-11-7-8-12-14;;;;;;;;;/h18-22H,12-17H2,1-11H3;2*14H,4-13H2,1-3H3;3*1H3;4*1H;;/q-1;;;3*-1;;;;;+2;+4/p-4. The molecule has 0 aromatic carbocycles. The Bertz CT molecular complexity index is 1020. The summed E-state index contributed by atoms with van der Waals surface area (Å²) < 4.78 is 17.3. The van der Waals surface area contributed by atoms with Gasteiger partial charge in [0.05, 0.1) is 16.8 Å². The van der Waals surface area contributed by atoms with Crippen molar-refractivity contribution in [3.05, 3.63) is 27.3 Å². The predicted octanol–water partition coefficient (Wildman–Crippen LogP) is 22.0. The van der Waals surface area contributed by atoms with Gasteiger partial charge in [-0.25, -0.2) is 0 Å². The SMILES string of the molecule is CC(C)(C)OCCCCCCC1CCCC1.CC(C)(C)OCCCCCCC1CCCC1.CC1C(C)C(C)C([Si](C)(CCCCCCOC(C)(C)C)[N-]C(C)(C)C)C1C.[CH3-].[CH3-].[CH3-].[Cl][Ti][Cl].[Cl][Zr+2][Cl]. The molecular weight excluding hydrogens is 1060 g/mol. The van der Waals surface area contributed by atoms with Crippen LogP contribution in [0.2, 0.25) is 18.1 Å². The van der Waals surface area contributed by atoms with Crippen molar-refractivity contribution in [2.24, 2.45) is 35.5 Å². The summed E-state index contributed by atoms with van der Waals surface area (Å²) in [5.41, 5.74) is 1.02. The van der Waals surface area contributed by atoms with Gasteiger partial charge < -0.3 is 41.5 Å². The molecule has 0 spiro atoms. The summed E-state index contributed by atoms with van der Waals surface area (Å²) in [6.07, 6.45) is 31.0. The molecule has 0 saturated heterocycles. The summed E-state index contributed by atoms with van der Waals surface area (Å²) >= 11 is -1.38. The molecule has 5 unspecified atom stereocenters. The number of nitrogens with zero attached hydrogens (tertiary/aromatic N) is 1. The van der Waals surface area contributed by atoms with Gasteiger partial charge in [0.25, 0.3) is 0 Å². The average molecular weight is 1180 g/mol. The van der Waals surface area contributed by atoms with Crippen molar-refractivity contribution < 1.29 is 52.1 Å².